The molecule has 0 fully saturated rings. The maximum Gasteiger partial charge on any atom is 0.223 e. The van der Waals surface area contributed by atoms with Crippen molar-refractivity contribution in [3.05, 3.63) is 28.9 Å². The van der Waals surface area contributed by atoms with Gasteiger partial charge in [-0.05, 0) is 31.5 Å². The summed E-state index contributed by atoms with van der Waals surface area (Å²) in [4.78, 5) is 8.82. The highest BCUT2D eigenvalue weighted by molar-refractivity contribution is 9.10. The lowest BCUT2D eigenvalue weighted by Crippen LogP contribution is -2.16. The van der Waals surface area contributed by atoms with Crippen LogP contribution in [-0.2, 0) is 0 Å². The second-order valence-corrected chi connectivity index (χ2v) is 5.15. The maximum absolute atomic E-state index is 4.50. The predicted octanol–water partition coefficient (Wildman–Crippen LogP) is 3.99. The van der Waals surface area contributed by atoms with Gasteiger partial charge in [0.1, 0.15) is 0 Å². The summed E-state index contributed by atoms with van der Waals surface area (Å²) >= 11 is 3.44. The molecule has 0 amide bonds. The first-order chi connectivity index (χ1) is 8.19. The van der Waals surface area contributed by atoms with Gasteiger partial charge in [0.25, 0.3) is 0 Å². The van der Waals surface area contributed by atoms with Crippen molar-refractivity contribution in [2.45, 2.75) is 32.7 Å². The molecule has 0 radical (unpaired) electrons. The molecule has 1 heterocycles. The number of halogens is 1. The zero-order chi connectivity index (χ0) is 12.3. The van der Waals surface area contributed by atoms with E-state index in [1.165, 1.54) is 0 Å². The number of fused-ring (bicyclic) bond motifs is 1. The van der Waals surface area contributed by atoms with Gasteiger partial charge in [0.15, 0.2) is 0 Å². The van der Waals surface area contributed by atoms with Crippen molar-refractivity contribution in [1.29, 1.82) is 0 Å². The fourth-order valence-corrected chi connectivity index (χ4v) is 2.18. The molecule has 1 unspecified atom stereocenters. The maximum atomic E-state index is 4.50. The van der Waals surface area contributed by atoms with E-state index < -0.39 is 0 Å². The highest BCUT2D eigenvalue weighted by Gasteiger charge is 2.04. The van der Waals surface area contributed by atoms with E-state index >= 15 is 0 Å². The third-order valence-electron chi connectivity index (χ3n) is 2.64. The van der Waals surface area contributed by atoms with E-state index in [2.05, 4.69) is 45.1 Å². The fourth-order valence-electron chi connectivity index (χ4n) is 1.80. The van der Waals surface area contributed by atoms with Crippen molar-refractivity contribution in [3.63, 3.8) is 0 Å². The Morgan fingerprint density at radius 3 is 3.00 bits per heavy atom. The highest BCUT2D eigenvalue weighted by atomic mass is 79.9. The summed E-state index contributed by atoms with van der Waals surface area (Å²) in [6.45, 7) is 4.33. The van der Waals surface area contributed by atoms with Crippen LogP contribution < -0.4 is 5.32 Å². The zero-order valence-electron chi connectivity index (χ0n) is 10.1. The number of nitrogens with zero attached hydrogens (tertiary/aromatic N) is 2. The SMILES string of the molecule is CCCC(C)Nc1ncc2cc(Br)ccc2n1. The molecule has 1 aromatic carbocycles. The van der Waals surface area contributed by atoms with Gasteiger partial charge in [0.05, 0.1) is 5.52 Å². The predicted molar refractivity (Wildman–Crippen MR) is 75.2 cm³/mol. The molecule has 0 bridgehead atoms. The van der Waals surface area contributed by atoms with Crippen LogP contribution in [-0.4, -0.2) is 16.0 Å². The summed E-state index contributed by atoms with van der Waals surface area (Å²) < 4.78 is 1.05. The number of aromatic nitrogens is 2. The minimum Gasteiger partial charge on any atom is -0.352 e. The number of nitrogens with one attached hydrogen (secondary N) is 1. The van der Waals surface area contributed by atoms with E-state index in [1.54, 1.807) is 0 Å². The van der Waals surface area contributed by atoms with Crippen LogP contribution in [0, 0.1) is 0 Å². The molecule has 3 nitrogen and oxygen atoms in total. The van der Waals surface area contributed by atoms with Crippen molar-refractivity contribution < 1.29 is 0 Å². The van der Waals surface area contributed by atoms with Crippen molar-refractivity contribution in [2.24, 2.45) is 0 Å². The van der Waals surface area contributed by atoms with Crippen molar-refractivity contribution in [2.75, 3.05) is 5.32 Å². The molecule has 2 aromatic rings. The van der Waals surface area contributed by atoms with E-state index in [4.69, 9.17) is 0 Å². The molecule has 1 aromatic heterocycles. The molecule has 17 heavy (non-hydrogen) atoms. The van der Waals surface area contributed by atoms with Gasteiger partial charge in [-0.1, -0.05) is 29.3 Å². The molecule has 1 N–H and O–H groups in total. The Labute approximate surface area is 110 Å². The molecule has 0 aliphatic heterocycles. The van der Waals surface area contributed by atoms with Crippen molar-refractivity contribution in [3.8, 4) is 0 Å². The van der Waals surface area contributed by atoms with Gasteiger partial charge >= 0.3 is 0 Å². The third kappa shape index (κ3) is 3.16. The topological polar surface area (TPSA) is 37.8 Å². The summed E-state index contributed by atoms with van der Waals surface area (Å²) in [5.74, 6) is 0.709. The summed E-state index contributed by atoms with van der Waals surface area (Å²) in [6.07, 6.45) is 4.14. The molecule has 0 spiro atoms. The van der Waals surface area contributed by atoms with Gasteiger partial charge < -0.3 is 5.32 Å². The van der Waals surface area contributed by atoms with Crippen LogP contribution in [0.15, 0.2) is 28.9 Å². The van der Waals surface area contributed by atoms with Crippen LogP contribution in [0.3, 0.4) is 0 Å². The van der Waals surface area contributed by atoms with Crippen molar-refractivity contribution in [1.82, 2.24) is 9.97 Å². The quantitative estimate of drug-likeness (QED) is 0.926. The second kappa shape index (κ2) is 5.45. The molecule has 0 aliphatic rings. The number of rotatable bonds is 4. The highest BCUT2D eigenvalue weighted by Crippen LogP contribution is 2.18. The fraction of sp³-hybridized carbons (Fsp3) is 0.385. The lowest BCUT2D eigenvalue weighted by Gasteiger charge is -2.12. The summed E-state index contributed by atoms with van der Waals surface area (Å²) in [6, 6.07) is 6.42. The standard InChI is InChI=1S/C13H16BrN3/c1-3-4-9(2)16-13-15-8-10-7-11(14)5-6-12(10)17-13/h5-9H,3-4H2,1-2H3,(H,15,16,17). The van der Waals surface area contributed by atoms with Crippen LogP contribution in [0.25, 0.3) is 10.9 Å². The first-order valence-corrected chi connectivity index (χ1v) is 6.67. The number of anilines is 1. The van der Waals surface area contributed by atoms with E-state index in [0.717, 1.165) is 28.2 Å². The molecule has 90 valence electrons. The molecule has 1 atom stereocenters. The molecule has 0 aliphatic carbocycles. The minimum atomic E-state index is 0.410. The van der Waals surface area contributed by atoms with Crippen LogP contribution in [0.4, 0.5) is 5.95 Å². The summed E-state index contributed by atoms with van der Waals surface area (Å²) in [5, 5.41) is 4.36. The number of benzene rings is 1. The van der Waals surface area contributed by atoms with Gasteiger partial charge in [0.2, 0.25) is 5.95 Å². The smallest absolute Gasteiger partial charge is 0.223 e. The van der Waals surface area contributed by atoms with Crippen LogP contribution in [0.5, 0.6) is 0 Å². The normalized spacial score (nSPS) is 12.6. The molecular weight excluding hydrogens is 278 g/mol. The molecule has 0 saturated heterocycles. The van der Waals surface area contributed by atoms with Crippen LogP contribution >= 0.6 is 15.9 Å². The van der Waals surface area contributed by atoms with Crippen molar-refractivity contribution >= 4 is 32.8 Å². The van der Waals surface area contributed by atoms with E-state index in [-0.39, 0.29) is 0 Å². The van der Waals surface area contributed by atoms with Gasteiger partial charge in [0, 0.05) is 22.1 Å². The Morgan fingerprint density at radius 2 is 2.24 bits per heavy atom. The first-order valence-electron chi connectivity index (χ1n) is 5.88. The Bertz CT molecular complexity index is 513. The second-order valence-electron chi connectivity index (χ2n) is 4.23. The zero-order valence-corrected chi connectivity index (χ0v) is 11.7. The molecule has 4 heteroatoms. The van der Waals surface area contributed by atoms with Crippen LogP contribution in [0.1, 0.15) is 26.7 Å². The van der Waals surface area contributed by atoms with Gasteiger partial charge in [-0.25, -0.2) is 9.97 Å². The van der Waals surface area contributed by atoms with Gasteiger partial charge in [-0.15, -0.1) is 0 Å². The Kier molecular flexibility index (Phi) is 3.94. The van der Waals surface area contributed by atoms with Gasteiger partial charge in [-0.3, -0.25) is 0 Å². The molecule has 2 rings (SSSR count). The third-order valence-corrected chi connectivity index (χ3v) is 3.13. The Balaban J connectivity index is 2.23. The monoisotopic (exact) mass is 293 g/mol. The van der Waals surface area contributed by atoms with Gasteiger partial charge in [-0.2, -0.15) is 0 Å². The average Bonchev–Trinajstić information content (AvgIpc) is 2.29. The van der Waals surface area contributed by atoms with E-state index in [1.807, 2.05) is 24.4 Å². The summed E-state index contributed by atoms with van der Waals surface area (Å²) in [5.41, 5.74) is 0.967. The average molecular weight is 294 g/mol. The Hall–Kier alpha value is -1.16. The number of hydrogen-bond acceptors (Lipinski definition) is 3. The summed E-state index contributed by atoms with van der Waals surface area (Å²) in [7, 11) is 0. The lowest BCUT2D eigenvalue weighted by molar-refractivity contribution is 0.684. The molecule has 0 saturated carbocycles. The minimum absolute atomic E-state index is 0.410. The lowest BCUT2D eigenvalue weighted by atomic mass is 10.2. The largest absolute Gasteiger partial charge is 0.352 e. The molecular formula is C13H16BrN3. The first kappa shape index (κ1) is 12.3. The van der Waals surface area contributed by atoms with Crippen LogP contribution in [0.2, 0.25) is 0 Å². The Morgan fingerprint density at radius 1 is 1.41 bits per heavy atom. The van der Waals surface area contributed by atoms with E-state index in [0.29, 0.717) is 12.0 Å². The van der Waals surface area contributed by atoms with E-state index in [9.17, 15) is 0 Å². The number of hydrogen-bond donors (Lipinski definition) is 1.